The van der Waals surface area contributed by atoms with Gasteiger partial charge >= 0.3 is 5.16 Å². The fraction of sp³-hybridized carbons (Fsp3) is 0.133. The van der Waals surface area contributed by atoms with Gasteiger partial charge in [0.2, 0.25) is 0 Å². The van der Waals surface area contributed by atoms with Crippen molar-refractivity contribution in [1.29, 1.82) is 0 Å². The fourth-order valence-corrected chi connectivity index (χ4v) is 2.37. The molecule has 3 N–H and O–H groups in total. The van der Waals surface area contributed by atoms with E-state index in [1.807, 2.05) is 13.2 Å². The van der Waals surface area contributed by atoms with Crippen molar-refractivity contribution in [1.82, 2.24) is 4.98 Å². The van der Waals surface area contributed by atoms with Gasteiger partial charge in [0, 0.05) is 11.6 Å². The van der Waals surface area contributed by atoms with Gasteiger partial charge < -0.3 is 32.3 Å². The molecule has 6 nitrogen and oxygen atoms in total. The summed E-state index contributed by atoms with van der Waals surface area (Å²) >= 11 is 1.24. The first-order valence-electron chi connectivity index (χ1n) is 6.20. The SMILES string of the molecule is C=C.C[n+]1cccnc1SCC(=O)c1cc(O)c(O)c(O)c1.[Br-]. The third-order valence-electron chi connectivity index (χ3n) is 2.61. The van der Waals surface area contributed by atoms with E-state index in [0.717, 1.165) is 12.1 Å². The van der Waals surface area contributed by atoms with E-state index in [-0.39, 0.29) is 34.1 Å². The number of hydrogen-bond donors (Lipinski definition) is 3. The van der Waals surface area contributed by atoms with Gasteiger partial charge in [0.1, 0.15) is 6.20 Å². The van der Waals surface area contributed by atoms with Crippen LogP contribution in [0.1, 0.15) is 10.4 Å². The van der Waals surface area contributed by atoms with E-state index in [2.05, 4.69) is 18.1 Å². The largest absolute Gasteiger partial charge is 1.00 e. The van der Waals surface area contributed by atoms with Crippen LogP contribution in [0.3, 0.4) is 0 Å². The highest BCUT2D eigenvalue weighted by Crippen LogP contribution is 2.35. The first-order valence-corrected chi connectivity index (χ1v) is 7.19. The highest BCUT2D eigenvalue weighted by molar-refractivity contribution is 7.99. The first kappa shape index (κ1) is 20.9. The zero-order valence-electron chi connectivity index (χ0n) is 12.4. The Morgan fingerprint density at radius 1 is 1.26 bits per heavy atom. The Kier molecular flexibility index (Phi) is 8.97. The van der Waals surface area contributed by atoms with Crippen molar-refractivity contribution in [2.45, 2.75) is 5.16 Å². The summed E-state index contributed by atoms with van der Waals surface area (Å²) in [7, 11) is 1.82. The molecule has 0 radical (unpaired) electrons. The number of thioether (sulfide) groups is 1. The molecule has 124 valence electrons. The predicted octanol–water partition coefficient (Wildman–Crippen LogP) is -1.20. The molecule has 1 aromatic carbocycles. The number of ketones is 1. The van der Waals surface area contributed by atoms with Gasteiger partial charge in [0.25, 0.3) is 0 Å². The second kappa shape index (κ2) is 9.86. The minimum absolute atomic E-state index is 0. The number of carbonyl (C=O) groups is 1. The van der Waals surface area contributed by atoms with Crippen LogP contribution in [0.5, 0.6) is 17.2 Å². The van der Waals surface area contributed by atoms with Crippen molar-refractivity contribution in [2.75, 3.05) is 5.75 Å². The Morgan fingerprint density at radius 2 is 1.83 bits per heavy atom. The number of phenolic OH excluding ortho intramolecular Hbond substituents is 3. The van der Waals surface area contributed by atoms with Crippen LogP contribution >= 0.6 is 11.8 Å². The normalized spacial score (nSPS) is 9.26. The van der Waals surface area contributed by atoms with Crippen molar-refractivity contribution in [3.8, 4) is 17.2 Å². The molecule has 0 fully saturated rings. The van der Waals surface area contributed by atoms with Crippen molar-refractivity contribution in [3.63, 3.8) is 0 Å². The molecule has 23 heavy (non-hydrogen) atoms. The number of halogens is 1. The maximum atomic E-state index is 12.0. The number of phenols is 3. The fourth-order valence-electron chi connectivity index (χ4n) is 1.55. The number of aromatic nitrogens is 2. The van der Waals surface area contributed by atoms with Gasteiger partial charge in [0.15, 0.2) is 23.0 Å². The molecule has 1 heterocycles. The number of carbonyl (C=O) groups excluding carboxylic acids is 1. The Hall–Kier alpha value is -2.06. The minimum Gasteiger partial charge on any atom is -1.00 e. The Balaban J connectivity index is 0.00000155. The second-order valence-corrected chi connectivity index (χ2v) is 5.03. The number of benzene rings is 1. The highest BCUT2D eigenvalue weighted by Gasteiger charge is 2.16. The topological polar surface area (TPSA) is 94.5 Å². The zero-order valence-corrected chi connectivity index (χ0v) is 14.8. The Bertz CT molecular complexity index is 659. The third kappa shape index (κ3) is 5.57. The Labute approximate surface area is 148 Å². The van der Waals surface area contributed by atoms with Gasteiger partial charge in [-0.3, -0.25) is 4.79 Å². The summed E-state index contributed by atoms with van der Waals surface area (Å²) in [4.78, 5) is 16.1. The average molecular weight is 401 g/mol. The molecule has 0 saturated heterocycles. The number of rotatable bonds is 4. The molecule has 0 aliphatic rings. The summed E-state index contributed by atoms with van der Waals surface area (Å²) in [5.74, 6) is -1.87. The van der Waals surface area contributed by atoms with Crippen LogP contribution in [0.4, 0.5) is 0 Å². The predicted molar refractivity (Wildman–Crippen MR) is 83.2 cm³/mol. The van der Waals surface area contributed by atoms with Crippen LogP contribution < -0.4 is 21.5 Å². The van der Waals surface area contributed by atoms with Gasteiger partial charge in [-0.15, -0.1) is 13.2 Å². The number of nitrogens with zero attached hydrogens (tertiary/aromatic N) is 2. The molecule has 0 amide bonds. The first-order chi connectivity index (χ1) is 10.5. The highest BCUT2D eigenvalue weighted by atomic mass is 79.9. The maximum absolute atomic E-state index is 12.0. The lowest BCUT2D eigenvalue weighted by atomic mass is 10.1. The molecular weight excluding hydrogens is 384 g/mol. The quantitative estimate of drug-likeness (QED) is 0.149. The smallest absolute Gasteiger partial charge is 0.359 e. The number of aromatic hydroxyl groups is 3. The lowest BCUT2D eigenvalue weighted by Crippen LogP contribution is -3.00. The van der Waals surface area contributed by atoms with E-state index in [4.69, 9.17) is 0 Å². The lowest BCUT2D eigenvalue weighted by molar-refractivity contribution is -0.713. The van der Waals surface area contributed by atoms with Gasteiger partial charge in [-0.1, -0.05) is 0 Å². The van der Waals surface area contributed by atoms with Crippen LogP contribution in [0.2, 0.25) is 0 Å². The van der Waals surface area contributed by atoms with Gasteiger partial charge in [-0.2, -0.15) is 0 Å². The number of hydrogen-bond acceptors (Lipinski definition) is 6. The standard InChI is InChI=1S/C13H12N2O4S.C2H4.BrH/c1-15-4-2-3-14-13(15)20-7-11(18)8-5-9(16)12(19)10(17)6-8;1-2;/h2-6H,7H2,1H3,(H2-,16,17,18,19);1-2H2;1H. The van der Waals surface area contributed by atoms with E-state index in [1.165, 1.54) is 11.8 Å². The van der Waals surface area contributed by atoms with Crippen LogP contribution in [-0.4, -0.2) is 31.8 Å². The van der Waals surface area contributed by atoms with E-state index in [0.29, 0.717) is 5.16 Å². The van der Waals surface area contributed by atoms with Crippen LogP contribution in [-0.2, 0) is 7.05 Å². The molecule has 0 unspecified atom stereocenters. The zero-order chi connectivity index (χ0) is 16.7. The van der Waals surface area contributed by atoms with Crippen molar-refractivity contribution in [2.24, 2.45) is 7.05 Å². The summed E-state index contributed by atoms with van der Waals surface area (Å²) in [5.41, 5.74) is 0.129. The van der Waals surface area contributed by atoms with Crippen LogP contribution in [0.15, 0.2) is 48.9 Å². The molecule has 8 heteroatoms. The summed E-state index contributed by atoms with van der Waals surface area (Å²) in [6.45, 7) is 6.00. The monoisotopic (exact) mass is 400 g/mol. The summed E-state index contributed by atoms with van der Waals surface area (Å²) in [5, 5.41) is 28.6. The molecule has 1 aromatic heterocycles. The minimum atomic E-state index is -0.634. The maximum Gasteiger partial charge on any atom is 0.359 e. The average Bonchev–Trinajstić information content (AvgIpc) is 2.53. The summed E-state index contributed by atoms with van der Waals surface area (Å²) < 4.78 is 1.78. The lowest BCUT2D eigenvalue weighted by Gasteiger charge is -2.04. The van der Waals surface area contributed by atoms with E-state index >= 15 is 0 Å². The molecule has 2 rings (SSSR count). The van der Waals surface area contributed by atoms with E-state index in [1.54, 1.807) is 16.8 Å². The Morgan fingerprint density at radius 3 is 2.35 bits per heavy atom. The van der Waals surface area contributed by atoms with Gasteiger partial charge in [-0.05, 0) is 28.9 Å². The molecule has 0 aliphatic heterocycles. The molecule has 0 atom stereocenters. The van der Waals surface area contributed by atoms with Crippen molar-refractivity contribution < 1.29 is 41.7 Å². The van der Waals surface area contributed by atoms with Gasteiger partial charge in [-0.25, -0.2) is 4.57 Å². The van der Waals surface area contributed by atoms with E-state index < -0.39 is 17.2 Å². The number of aryl methyl sites for hydroxylation is 1. The molecule has 0 spiro atoms. The summed E-state index contributed by atoms with van der Waals surface area (Å²) in [6.07, 6.45) is 3.45. The van der Waals surface area contributed by atoms with E-state index in [9.17, 15) is 20.1 Å². The molecule has 2 aromatic rings. The molecule has 0 bridgehead atoms. The van der Waals surface area contributed by atoms with Crippen molar-refractivity contribution >= 4 is 17.5 Å². The second-order valence-electron chi connectivity index (χ2n) is 4.09. The van der Waals surface area contributed by atoms with Crippen LogP contribution in [0.25, 0.3) is 0 Å². The third-order valence-corrected chi connectivity index (χ3v) is 3.66. The van der Waals surface area contributed by atoms with Crippen molar-refractivity contribution in [3.05, 3.63) is 49.3 Å². The molecule has 0 saturated carbocycles. The summed E-state index contributed by atoms with van der Waals surface area (Å²) in [6, 6.07) is 4.02. The van der Waals surface area contributed by atoms with Gasteiger partial charge in [0.05, 0.1) is 19.0 Å². The molecular formula is C15H17BrN2O4S. The number of Topliss-reactive ketones (excluding diaryl/α,β-unsaturated/α-hetero) is 1. The van der Waals surface area contributed by atoms with Crippen LogP contribution in [0, 0.1) is 0 Å². The molecule has 0 aliphatic carbocycles.